The van der Waals surface area contributed by atoms with Gasteiger partial charge < -0.3 is 15.2 Å². The minimum Gasteiger partial charge on any atom is -0.357 e. The van der Waals surface area contributed by atoms with Crippen LogP contribution in [0, 0.1) is 0 Å². The second kappa shape index (κ2) is 13.5. The lowest BCUT2D eigenvalue weighted by Gasteiger charge is -2.38. The van der Waals surface area contributed by atoms with Gasteiger partial charge in [-0.15, -0.1) is 24.0 Å². The largest absolute Gasteiger partial charge is 0.357 e. The maximum atomic E-state index is 4.86. The van der Waals surface area contributed by atoms with Crippen molar-refractivity contribution in [2.75, 3.05) is 13.1 Å². The Kier molecular flexibility index (Phi) is 10.4. The molecular weight excluding hydrogens is 535 g/mol. The molecule has 1 aromatic heterocycles. The average molecular weight is 573 g/mol. The van der Waals surface area contributed by atoms with Gasteiger partial charge >= 0.3 is 0 Å². The molecule has 3 aromatic rings. The Balaban J connectivity index is 0.00000324. The molecule has 6 nitrogen and oxygen atoms in total. The molecular formula is C27H37IN6. The van der Waals surface area contributed by atoms with E-state index in [2.05, 4.69) is 93.5 Å². The smallest absolute Gasteiger partial charge is 0.191 e. The van der Waals surface area contributed by atoms with Crippen LogP contribution in [-0.2, 0) is 19.6 Å². The van der Waals surface area contributed by atoms with E-state index < -0.39 is 0 Å². The molecule has 4 rings (SSSR count). The number of aliphatic imine (C=N–C) groups is 1. The fraction of sp³-hybridized carbons (Fsp3) is 0.407. The van der Waals surface area contributed by atoms with E-state index in [1.807, 2.05) is 18.7 Å². The predicted molar refractivity (Wildman–Crippen MR) is 150 cm³/mol. The lowest BCUT2D eigenvalue weighted by Crippen LogP contribution is -2.51. The molecule has 2 N–H and O–H groups in total. The van der Waals surface area contributed by atoms with Crippen LogP contribution >= 0.6 is 24.0 Å². The summed E-state index contributed by atoms with van der Waals surface area (Å²) >= 11 is 0. The van der Waals surface area contributed by atoms with E-state index >= 15 is 0 Å². The topological polar surface area (TPSA) is 57.5 Å². The number of aromatic nitrogens is 2. The first-order valence-corrected chi connectivity index (χ1v) is 12.1. The Labute approximate surface area is 220 Å². The van der Waals surface area contributed by atoms with E-state index in [-0.39, 0.29) is 24.0 Å². The van der Waals surface area contributed by atoms with Crippen LogP contribution in [0.5, 0.6) is 0 Å². The molecule has 34 heavy (non-hydrogen) atoms. The molecule has 0 spiro atoms. The Hall–Kier alpha value is -2.39. The van der Waals surface area contributed by atoms with Crippen LogP contribution in [0.3, 0.4) is 0 Å². The third kappa shape index (κ3) is 7.84. The number of hydrogen-bond donors (Lipinski definition) is 2. The van der Waals surface area contributed by atoms with Crippen molar-refractivity contribution in [2.45, 2.75) is 58.4 Å². The van der Waals surface area contributed by atoms with E-state index in [4.69, 9.17) is 4.99 Å². The summed E-state index contributed by atoms with van der Waals surface area (Å²) in [6.07, 6.45) is 7.90. The number of nitrogens with one attached hydrogen (secondary N) is 2. The van der Waals surface area contributed by atoms with Crippen LogP contribution in [0.2, 0.25) is 0 Å². The maximum Gasteiger partial charge on any atom is 0.191 e. The van der Waals surface area contributed by atoms with Gasteiger partial charge in [0.05, 0.1) is 12.9 Å². The molecule has 182 valence electrons. The first-order valence-electron chi connectivity index (χ1n) is 12.1. The van der Waals surface area contributed by atoms with Gasteiger partial charge in [-0.05, 0) is 43.4 Å². The zero-order valence-corrected chi connectivity index (χ0v) is 22.6. The van der Waals surface area contributed by atoms with Crippen molar-refractivity contribution in [2.24, 2.45) is 4.99 Å². The third-order valence-corrected chi connectivity index (χ3v) is 6.29. The highest BCUT2D eigenvalue weighted by molar-refractivity contribution is 14.0. The highest BCUT2D eigenvalue weighted by Gasteiger charge is 2.25. The molecule has 7 heteroatoms. The highest BCUT2D eigenvalue weighted by Crippen LogP contribution is 2.20. The predicted octanol–water partition coefficient (Wildman–Crippen LogP) is 4.66. The first kappa shape index (κ1) is 26.2. The molecule has 2 unspecified atom stereocenters. The molecule has 1 aliphatic rings. The van der Waals surface area contributed by atoms with Crippen LogP contribution in [0.1, 0.15) is 43.4 Å². The Morgan fingerprint density at radius 1 is 1.03 bits per heavy atom. The average Bonchev–Trinajstić information content (AvgIpc) is 3.34. The van der Waals surface area contributed by atoms with Crippen LogP contribution in [0.15, 0.2) is 78.3 Å². The molecule has 0 amide bonds. The van der Waals surface area contributed by atoms with Crippen molar-refractivity contribution >= 4 is 29.9 Å². The number of hydrogen-bond acceptors (Lipinski definition) is 3. The van der Waals surface area contributed by atoms with Gasteiger partial charge in [0.1, 0.15) is 0 Å². The van der Waals surface area contributed by atoms with Gasteiger partial charge in [-0.25, -0.2) is 9.98 Å². The Bertz CT molecular complexity index is 988. The monoisotopic (exact) mass is 572 g/mol. The molecule has 0 radical (unpaired) electrons. The van der Waals surface area contributed by atoms with Crippen molar-refractivity contribution in [3.05, 3.63) is 90.0 Å². The Morgan fingerprint density at radius 2 is 1.76 bits per heavy atom. The summed E-state index contributed by atoms with van der Waals surface area (Å²) in [4.78, 5) is 11.6. The minimum atomic E-state index is 0. The molecule has 0 bridgehead atoms. The molecule has 1 fully saturated rings. The number of rotatable bonds is 8. The van der Waals surface area contributed by atoms with Crippen molar-refractivity contribution in [1.29, 1.82) is 0 Å². The third-order valence-electron chi connectivity index (χ3n) is 6.29. The van der Waals surface area contributed by atoms with Gasteiger partial charge in [0, 0.05) is 50.7 Å². The number of piperidine rings is 1. The summed E-state index contributed by atoms with van der Waals surface area (Å²) in [6.45, 7) is 8.96. The summed E-state index contributed by atoms with van der Waals surface area (Å²) in [5.41, 5.74) is 3.87. The first-order chi connectivity index (χ1) is 16.2. The minimum absolute atomic E-state index is 0. The SMILES string of the molecule is CCNC(=NCc1ccc(Cn2ccnc2)cc1)NC1CCN(Cc2ccccc2)C(C)C1.I. The van der Waals surface area contributed by atoms with Crippen molar-refractivity contribution in [3.8, 4) is 0 Å². The molecule has 1 saturated heterocycles. The zero-order chi connectivity index (χ0) is 22.9. The second-order valence-electron chi connectivity index (χ2n) is 8.92. The van der Waals surface area contributed by atoms with E-state index in [0.717, 1.165) is 45.0 Å². The van der Waals surface area contributed by atoms with Crippen LogP contribution in [-0.4, -0.2) is 45.6 Å². The summed E-state index contributed by atoms with van der Waals surface area (Å²) in [5.74, 6) is 0.911. The van der Waals surface area contributed by atoms with Crippen LogP contribution in [0.25, 0.3) is 0 Å². The van der Waals surface area contributed by atoms with E-state index in [1.165, 1.54) is 16.7 Å². The maximum absolute atomic E-state index is 4.86. The van der Waals surface area contributed by atoms with Crippen molar-refractivity contribution in [1.82, 2.24) is 25.1 Å². The lowest BCUT2D eigenvalue weighted by molar-refractivity contribution is 0.134. The van der Waals surface area contributed by atoms with Gasteiger partial charge in [0.25, 0.3) is 0 Å². The second-order valence-corrected chi connectivity index (χ2v) is 8.92. The van der Waals surface area contributed by atoms with Gasteiger partial charge in [-0.1, -0.05) is 54.6 Å². The molecule has 1 aliphatic heterocycles. The number of nitrogens with zero attached hydrogens (tertiary/aromatic N) is 4. The Morgan fingerprint density at radius 3 is 2.44 bits per heavy atom. The van der Waals surface area contributed by atoms with Crippen LogP contribution in [0.4, 0.5) is 0 Å². The summed E-state index contributed by atoms with van der Waals surface area (Å²) < 4.78 is 2.08. The summed E-state index contributed by atoms with van der Waals surface area (Å²) in [6, 6.07) is 20.5. The lowest BCUT2D eigenvalue weighted by atomic mass is 9.97. The van der Waals surface area contributed by atoms with Crippen molar-refractivity contribution < 1.29 is 0 Å². The molecule has 2 heterocycles. The fourth-order valence-corrected chi connectivity index (χ4v) is 4.43. The zero-order valence-electron chi connectivity index (χ0n) is 20.2. The van der Waals surface area contributed by atoms with Gasteiger partial charge in [0.2, 0.25) is 0 Å². The van der Waals surface area contributed by atoms with Crippen LogP contribution < -0.4 is 10.6 Å². The van der Waals surface area contributed by atoms with E-state index in [9.17, 15) is 0 Å². The molecule has 2 atom stereocenters. The summed E-state index contributed by atoms with van der Waals surface area (Å²) in [5, 5.41) is 7.11. The molecule has 0 aliphatic carbocycles. The van der Waals surface area contributed by atoms with E-state index in [1.54, 1.807) is 0 Å². The molecule has 2 aromatic carbocycles. The normalized spacial score (nSPS) is 18.8. The van der Waals surface area contributed by atoms with Crippen molar-refractivity contribution in [3.63, 3.8) is 0 Å². The number of guanidine groups is 1. The number of likely N-dealkylation sites (tertiary alicyclic amines) is 1. The van der Waals surface area contributed by atoms with E-state index in [0.29, 0.717) is 18.6 Å². The fourth-order valence-electron chi connectivity index (χ4n) is 4.43. The number of halogens is 1. The van der Waals surface area contributed by atoms with Gasteiger partial charge in [0.15, 0.2) is 5.96 Å². The summed E-state index contributed by atoms with van der Waals surface area (Å²) in [7, 11) is 0. The quantitative estimate of drug-likeness (QED) is 0.234. The molecule has 0 saturated carbocycles. The highest BCUT2D eigenvalue weighted by atomic mass is 127. The van der Waals surface area contributed by atoms with Gasteiger partial charge in [-0.2, -0.15) is 0 Å². The van der Waals surface area contributed by atoms with Gasteiger partial charge in [-0.3, -0.25) is 4.90 Å². The standard InChI is InChI=1S/C27H36N6.HI/c1-3-29-27(30-18-23-9-11-25(12-10-23)19-32-16-14-28-21-32)31-26-13-15-33(22(2)17-26)20-24-7-5-4-6-8-24;/h4-12,14,16,21-22,26H,3,13,15,17-20H2,1-2H3,(H2,29,30,31);1H. The number of imidazole rings is 1. The number of benzene rings is 2.